The summed E-state index contributed by atoms with van der Waals surface area (Å²) in [5.41, 5.74) is 1.34. The highest BCUT2D eigenvalue weighted by Crippen LogP contribution is 2.15. The zero-order valence-electron chi connectivity index (χ0n) is 9.66. The van der Waals surface area contributed by atoms with Crippen molar-refractivity contribution < 1.29 is 9.47 Å². The van der Waals surface area contributed by atoms with Crippen LogP contribution in [-0.4, -0.2) is 13.4 Å². The van der Waals surface area contributed by atoms with E-state index in [0.29, 0.717) is 13.4 Å². The van der Waals surface area contributed by atoms with Gasteiger partial charge < -0.3 is 9.47 Å². The number of rotatable bonds is 7. The Balaban J connectivity index is 2.42. The Kier molecular flexibility index (Phi) is 5.86. The van der Waals surface area contributed by atoms with E-state index in [9.17, 15) is 0 Å². The maximum atomic E-state index is 5.44. The standard InChI is InChI=1S/C13H20O2/c1-3-5-7-12-8-6-9-13(10-12)15-11-14-4-2/h6,8-10H,3-5,7,11H2,1-2H3. The molecule has 0 saturated carbocycles. The zero-order valence-corrected chi connectivity index (χ0v) is 9.66. The molecule has 1 aromatic carbocycles. The van der Waals surface area contributed by atoms with E-state index < -0.39 is 0 Å². The average Bonchev–Trinajstić information content (AvgIpc) is 2.27. The lowest BCUT2D eigenvalue weighted by Crippen LogP contribution is -2.02. The van der Waals surface area contributed by atoms with E-state index in [0.717, 1.165) is 12.2 Å². The van der Waals surface area contributed by atoms with E-state index in [1.165, 1.54) is 18.4 Å². The van der Waals surface area contributed by atoms with E-state index >= 15 is 0 Å². The molecule has 0 unspecified atom stereocenters. The molecular formula is C13H20O2. The van der Waals surface area contributed by atoms with E-state index in [2.05, 4.69) is 19.1 Å². The number of unbranched alkanes of at least 4 members (excludes halogenated alkanes) is 1. The van der Waals surface area contributed by atoms with Gasteiger partial charge in [0.25, 0.3) is 0 Å². The molecule has 2 heteroatoms. The first-order valence-corrected chi connectivity index (χ1v) is 5.66. The van der Waals surface area contributed by atoms with Gasteiger partial charge in [0.15, 0.2) is 6.79 Å². The average molecular weight is 208 g/mol. The van der Waals surface area contributed by atoms with Gasteiger partial charge in [0.2, 0.25) is 0 Å². The van der Waals surface area contributed by atoms with Gasteiger partial charge in [-0.05, 0) is 37.5 Å². The second kappa shape index (κ2) is 7.30. The van der Waals surface area contributed by atoms with Gasteiger partial charge in [-0.15, -0.1) is 0 Å². The summed E-state index contributed by atoms with van der Waals surface area (Å²) in [6, 6.07) is 8.23. The van der Waals surface area contributed by atoms with Crippen LogP contribution in [0.15, 0.2) is 24.3 Å². The van der Waals surface area contributed by atoms with Gasteiger partial charge in [-0.25, -0.2) is 0 Å². The Labute approximate surface area is 92.2 Å². The summed E-state index contributed by atoms with van der Waals surface area (Å²) in [6.07, 6.45) is 3.58. The molecule has 0 aliphatic carbocycles. The largest absolute Gasteiger partial charge is 0.468 e. The second-order valence-corrected chi connectivity index (χ2v) is 3.51. The molecule has 2 nitrogen and oxygen atoms in total. The van der Waals surface area contributed by atoms with Gasteiger partial charge >= 0.3 is 0 Å². The third-order valence-electron chi connectivity index (χ3n) is 2.23. The zero-order chi connectivity index (χ0) is 10.9. The SMILES string of the molecule is CCCCc1cccc(OCOCC)c1. The number of ether oxygens (including phenoxy) is 2. The van der Waals surface area contributed by atoms with Gasteiger partial charge in [-0.2, -0.15) is 0 Å². The molecule has 0 saturated heterocycles. The molecule has 1 aromatic rings. The van der Waals surface area contributed by atoms with E-state index in [4.69, 9.17) is 9.47 Å². The van der Waals surface area contributed by atoms with Crippen molar-refractivity contribution >= 4 is 0 Å². The number of hydrogen-bond acceptors (Lipinski definition) is 2. The minimum absolute atomic E-state index is 0.341. The molecule has 0 radical (unpaired) electrons. The molecule has 0 N–H and O–H groups in total. The van der Waals surface area contributed by atoms with E-state index in [-0.39, 0.29) is 0 Å². The van der Waals surface area contributed by atoms with Crippen LogP contribution in [-0.2, 0) is 11.2 Å². The van der Waals surface area contributed by atoms with E-state index in [1.54, 1.807) is 0 Å². The quantitative estimate of drug-likeness (QED) is 0.505. The summed E-state index contributed by atoms with van der Waals surface area (Å²) >= 11 is 0. The van der Waals surface area contributed by atoms with Crippen LogP contribution in [0.25, 0.3) is 0 Å². The summed E-state index contributed by atoms with van der Waals surface area (Å²) in [5.74, 6) is 0.900. The first-order chi connectivity index (χ1) is 7.36. The van der Waals surface area contributed by atoms with Crippen LogP contribution in [0.5, 0.6) is 5.75 Å². The smallest absolute Gasteiger partial charge is 0.189 e. The Morgan fingerprint density at radius 3 is 2.80 bits per heavy atom. The lowest BCUT2D eigenvalue weighted by atomic mass is 10.1. The number of aryl methyl sites for hydroxylation is 1. The molecule has 0 fully saturated rings. The molecule has 0 aromatic heterocycles. The molecule has 0 spiro atoms. The van der Waals surface area contributed by atoms with Crippen LogP contribution >= 0.6 is 0 Å². The van der Waals surface area contributed by atoms with Crippen LogP contribution in [0, 0.1) is 0 Å². The fourth-order valence-electron chi connectivity index (χ4n) is 1.36. The van der Waals surface area contributed by atoms with Crippen LogP contribution < -0.4 is 4.74 Å². The summed E-state index contributed by atoms with van der Waals surface area (Å²) in [7, 11) is 0. The Hall–Kier alpha value is -1.02. The van der Waals surface area contributed by atoms with Crippen molar-refractivity contribution in [3.05, 3.63) is 29.8 Å². The first kappa shape index (κ1) is 12.1. The first-order valence-electron chi connectivity index (χ1n) is 5.66. The highest BCUT2D eigenvalue weighted by Gasteiger charge is 1.96. The lowest BCUT2D eigenvalue weighted by molar-refractivity contribution is 0.0224. The summed E-state index contributed by atoms with van der Waals surface area (Å²) in [4.78, 5) is 0. The minimum Gasteiger partial charge on any atom is -0.468 e. The van der Waals surface area contributed by atoms with Crippen molar-refractivity contribution in [2.24, 2.45) is 0 Å². The maximum Gasteiger partial charge on any atom is 0.189 e. The molecule has 84 valence electrons. The Bertz CT molecular complexity index is 271. The third-order valence-corrected chi connectivity index (χ3v) is 2.23. The number of hydrogen-bond donors (Lipinski definition) is 0. The van der Waals surface area contributed by atoms with Crippen LogP contribution in [0.1, 0.15) is 32.3 Å². The molecule has 0 atom stereocenters. The number of benzene rings is 1. The maximum absolute atomic E-state index is 5.44. The van der Waals surface area contributed by atoms with Crippen molar-refractivity contribution in [2.75, 3.05) is 13.4 Å². The van der Waals surface area contributed by atoms with Crippen molar-refractivity contribution in [1.82, 2.24) is 0 Å². The minimum atomic E-state index is 0.341. The summed E-state index contributed by atoms with van der Waals surface area (Å²) < 4.78 is 10.6. The lowest BCUT2D eigenvalue weighted by Gasteiger charge is -2.07. The fourth-order valence-corrected chi connectivity index (χ4v) is 1.36. The van der Waals surface area contributed by atoms with E-state index in [1.807, 2.05) is 19.1 Å². The van der Waals surface area contributed by atoms with Crippen molar-refractivity contribution in [3.63, 3.8) is 0 Å². The predicted molar refractivity (Wildman–Crippen MR) is 62.2 cm³/mol. The molecule has 0 aliphatic rings. The Morgan fingerprint density at radius 2 is 2.07 bits per heavy atom. The molecule has 0 bridgehead atoms. The molecule has 0 aliphatic heterocycles. The van der Waals surface area contributed by atoms with Crippen molar-refractivity contribution in [2.45, 2.75) is 33.1 Å². The molecule has 0 amide bonds. The van der Waals surface area contributed by atoms with Crippen LogP contribution in [0.2, 0.25) is 0 Å². The van der Waals surface area contributed by atoms with Crippen LogP contribution in [0.4, 0.5) is 0 Å². The molecule has 15 heavy (non-hydrogen) atoms. The molecular weight excluding hydrogens is 188 g/mol. The normalized spacial score (nSPS) is 10.3. The third kappa shape index (κ3) is 4.84. The fraction of sp³-hybridized carbons (Fsp3) is 0.538. The monoisotopic (exact) mass is 208 g/mol. The van der Waals surface area contributed by atoms with Gasteiger partial charge in [-0.3, -0.25) is 0 Å². The predicted octanol–water partition coefficient (Wildman–Crippen LogP) is 3.40. The second-order valence-electron chi connectivity index (χ2n) is 3.51. The van der Waals surface area contributed by atoms with Gasteiger partial charge in [0, 0.05) is 6.61 Å². The van der Waals surface area contributed by atoms with Gasteiger partial charge in [0.05, 0.1) is 0 Å². The highest BCUT2D eigenvalue weighted by molar-refractivity contribution is 5.28. The van der Waals surface area contributed by atoms with Crippen LogP contribution in [0.3, 0.4) is 0 Å². The Morgan fingerprint density at radius 1 is 1.20 bits per heavy atom. The van der Waals surface area contributed by atoms with Crippen molar-refractivity contribution in [3.8, 4) is 5.75 Å². The van der Waals surface area contributed by atoms with Crippen molar-refractivity contribution in [1.29, 1.82) is 0 Å². The summed E-state index contributed by atoms with van der Waals surface area (Å²) in [6.45, 7) is 5.19. The molecule has 0 heterocycles. The van der Waals surface area contributed by atoms with Gasteiger partial charge in [-0.1, -0.05) is 25.5 Å². The topological polar surface area (TPSA) is 18.5 Å². The molecule has 1 rings (SSSR count). The summed E-state index contributed by atoms with van der Waals surface area (Å²) in [5, 5.41) is 0. The highest BCUT2D eigenvalue weighted by atomic mass is 16.7. The van der Waals surface area contributed by atoms with Gasteiger partial charge in [0.1, 0.15) is 5.75 Å².